The molecule has 3 amide bonds. The lowest BCUT2D eigenvalue weighted by molar-refractivity contribution is 0.0948. The molecule has 2 N–H and O–H groups in total. The average Bonchev–Trinajstić information content (AvgIpc) is 3.25. The monoisotopic (exact) mass is 472 g/mol. The zero-order chi connectivity index (χ0) is 24.4. The number of nitrogens with one attached hydrogen (secondary N) is 2. The van der Waals surface area contributed by atoms with Crippen molar-refractivity contribution in [2.24, 2.45) is 0 Å². The van der Waals surface area contributed by atoms with Gasteiger partial charge >= 0.3 is 6.03 Å². The van der Waals surface area contributed by atoms with Crippen molar-refractivity contribution in [2.75, 3.05) is 18.4 Å². The molecule has 0 radical (unpaired) electrons. The summed E-state index contributed by atoms with van der Waals surface area (Å²) in [4.78, 5) is 32.0. The molecule has 0 fully saturated rings. The number of anilines is 1. The molecule has 7 heteroatoms. The molecule has 0 aliphatic rings. The summed E-state index contributed by atoms with van der Waals surface area (Å²) in [5.74, 6) is 0.453. The molecular formula is C26H40N4O2S. The van der Waals surface area contributed by atoms with Gasteiger partial charge in [-0.15, -0.1) is 11.3 Å². The predicted molar refractivity (Wildman–Crippen MR) is 138 cm³/mol. The van der Waals surface area contributed by atoms with Crippen molar-refractivity contribution in [3.05, 3.63) is 45.4 Å². The van der Waals surface area contributed by atoms with E-state index in [0.29, 0.717) is 37.2 Å². The Labute approximate surface area is 203 Å². The number of nitrogens with zero attached hydrogens (tertiary/aromatic N) is 2. The van der Waals surface area contributed by atoms with Crippen LogP contribution in [-0.4, -0.2) is 34.9 Å². The van der Waals surface area contributed by atoms with E-state index in [4.69, 9.17) is 0 Å². The van der Waals surface area contributed by atoms with E-state index >= 15 is 0 Å². The largest absolute Gasteiger partial charge is 0.351 e. The second kappa shape index (κ2) is 13.3. The lowest BCUT2D eigenvalue weighted by Gasteiger charge is -2.25. The molecular weight excluding hydrogens is 432 g/mol. The van der Waals surface area contributed by atoms with Crippen molar-refractivity contribution < 1.29 is 9.59 Å². The van der Waals surface area contributed by atoms with Gasteiger partial charge in [0.05, 0.1) is 6.54 Å². The van der Waals surface area contributed by atoms with Gasteiger partial charge in [-0.25, -0.2) is 9.78 Å². The molecule has 2 rings (SSSR count). The van der Waals surface area contributed by atoms with Gasteiger partial charge in [-0.1, -0.05) is 72.6 Å². The number of rotatable bonds is 12. The van der Waals surface area contributed by atoms with Crippen LogP contribution in [-0.2, 0) is 6.54 Å². The van der Waals surface area contributed by atoms with Crippen molar-refractivity contribution >= 4 is 29.0 Å². The first-order valence-corrected chi connectivity index (χ1v) is 13.1. The fourth-order valence-electron chi connectivity index (χ4n) is 3.60. The van der Waals surface area contributed by atoms with Crippen LogP contribution in [0.4, 0.5) is 10.5 Å². The van der Waals surface area contributed by atoms with Gasteiger partial charge in [0.1, 0.15) is 10.7 Å². The Bertz CT molecular complexity index is 881. The highest BCUT2D eigenvalue weighted by Crippen LogP contribution is 2.32. The zero-order valence-corrected chi connectivity index (χ0v) is 21.8. The smallest absolute Gasteiger partial charge is 0.322 e. The van der Waals surface area contributed by atoms with Gasteiger partial charge in [-0.2, -0.15) is 0 Å². The molecule has 0 atom stereocenters. The van der Waals surface area contributed by atoms with Crippen molar-refractivity contribution in [1.29, 1.82) is 0 Å². The van der Waals surface area contributed by atoms with Crippen LogP contribution in [0.1, 0.15) is 106 Å². The van der Waals surface area contributed by atoms with E-state index in [9.17, 15) is 9.59 Å². The zero-order valence-electron chi connectivity index (χ0n) is 21.0. The number of carbonyl (C=O) groups excluding carboxylic acids is 2. The normalized spacial score (nSPS) is 11.2. The highest BCUT2D eigenvalue weighted by atomic mass is 32.1. The maximum atomic E-state index is 13.4. The van der Waals surface area contributed by atoms with E-state index < -0.39 is 0 Å². The van der Waals surface area contributed by atoms with Crippen LogP contribution in [0.25, 0.3) is 0 Å². The molecule has 0 aliphatic heterocycles. The third-order valence-electron chi connectivity index (χ3n) is 5.60. The highest BCUT2D eigenvalue weighted by Gasteiger charge is 2.21. The Morgan fingerprint density at radius 2 is 1.67 bits per heavy atom. The molecule has 33 heavy (non-hydrogen) atoms. The number of para-hydroxylation sites is 1. The SMILES string of the molecule is CCCCNC(=O)c1csc(CN(CCCC)C(=O)Nc2c(C(C)C)cccc2C(C)C)n1. The second-order valence-electron chi connectivity index (χ2n) is 9.06. The first kappa shape index (κ1) is 26.8. The van der Waals surface area contributed by atoms with E-state index in [-0.39, 0.29) is 11.9 Å². The summed E-state index contributed by atoms with van der Waals surface area (Å²) in [6, 6.07) is 6.12. The number of unbranched alkanes of at least 4 members (excludes halogenated alkanes) is 2. The maximum Gasteiger partial charge on any atom is 0.322 e. The lowest BCUT2D eigenvalue weighted by atomic mass is 9.93. The Morgan fingerprint density at radius 1 is 1.03 bits per heavy atom. The fourth-order valence-corrected chi connectivity index (χ4v) is 4.39. The third kappa shape index (κ3) is 7.84. The van der Waals surface area contributed by atoms with Crippen molar-refractivity contribution in [1.82, 2.24) is 15.2 Å². The number of benzene rings is 1. The fraction of sp³-hybridized carbons (Fsp3) is 0.577. The molecule has 1 heterocycles. The number of amides is 3. The van der Waals surface area contributed by atoms with Crippen LogP contribution in [0.5, 0.6) is 0 Å². The number of hydrogen-bond acceptors (Lipinski definition) is 4. The predicted octanol–water partition coefficient (Wildman–Crippen LogP) is 6.75. The van der Waals surface area contributed by atoms with Gasteiger partial charge in [-0.05, 0) is 35.8 Å². The Hall–Kier alpha value is -2.41. The number of thiazole rings is 1. The minimum atomic E-state index is -0.150. The summed E-state index contributed by atoms with van der Waals surface area (Å²) in [6.07, 6.45) is 3.88. The number of carbonyl (C=O) groups is 2. The molecule has 0 unspecified atom stereocenters. The first-order chi connectivity index (χ1) is 15.8. The molecule has 182 valence electrons. The van der Waals surface area contributed by atoms with Gasteiger partial charge in [0.25, 0.3) is 5.91 Å². The van der Waals surface area contributed by atoms with Crippen LogP contribution in [0.15, 0.2) is 23.6 Å². The standard InChI is InChI=1S/C26H40N4O2S/c1-7-9-14-27-25(31)22-17-33-23(28-22)16-30(15-10-8-2)26(32)29-24-20(18(3)4)12-11-13-21(24)19(5)6/h11-13,17-19H,7-10,14-16H2,1-6H3,(H,27,31)(H,29,32). The topological polar surface area (TPSA) is 74.3 Å². The average molecular weight is 473 g/mol. The van der Waals surface area contributed by atoms with Crippen molar-refractivity contribution in [3.63, 3.8) is 0 Å². The maximum absolute atomic E-state index is 13.4. The van der Waals surface area contributed by atoms with Gasteiger partial charge < -0.3 is 15.5 Å². The summed E-state index contributed by atoms with van der Waals surface area (Å²) in [7, 11) is 0. The van der Waals surface area contributed by atoms with E-state index in [1.54, 1.807) is 5.38 Å². The van der Waals surface area contributed by atoms with Crippen LogP contribution < -0.4 is 10.6 Å². The number of aromatic nitrogens is 1. The molecule has 0 saturated carbocycles. The summed E-state index contributed by atoms with van der Waals surface area (Å²) >= 11 is 1.43. The van der Waals surface area contributed by atoms with Crippen molar-refractivity contribution in [3.8, 4) is 0 Å². The quantitative estimate of drug-likeness (QED) is 0.335. The molecule has 0 aliphatic carbocycles. The molecule has 1 aromatic heterocycles. The van der Waals surface area contributed by atoms with E-state index in [1.807, 2.05) is 4.90 Å². The van der Waals surface area contributed by atoms with Crippen LogP contribution in [0.2, 0.25) is 0 Å². The molecule has 1 aromatic carbocycles. The van der Waals surface area contributed by atoms with E-state index in [0.717, 1.165) is 47.5 Å². The van der Waals surface area contributed by atoms with Gasteiger partial charge in [0.2, 0.25) is 0 Å². The third-order valence-corrected chi connectivity index (χ3v) is 6.43. The Kier molecular flexibility index (Phi) is 10.8. The van der Waals surface area contributed by atoms with Crippen LogP contribution in [0.3, 0.4) is 0 Å². The lowest BCUT2D eigenvalue weighted by Crippen LogP contribution is -2.36. The second-order valence-corrected chi connectivity index (χ2v) is 10.0. The summed E-state index contributed by atoms with van der Waals surface area (Å²) in [5, 5.41) is 8.66. The Morgan fingerprint density at radius 3 is 2.24 bits per heavy atom. The summed E-state index contributed by atoms with van der Waals surface area (Å²) in [5.41, 5.74) is 3.63. The minimum Gasteiger partial charge on any atom is -0.351 e. The Balaban J connectivity index is 2.20. The van der Waals surface area contributed by atoms with E-state index in [1.165, 1.54) is 11.3 Å². The first-order valence-electron chi connectivity index (χ1n) is 12.2. The van der Waals surface area contributed by atoms with Crippen LogP contribution in [0, 0.1) is 0 Å². The molecule has 2 aromatic rings. The molecule has 0 bridgehead atoms. The van der Waals surface area contributed by atoms with Gasteiger partial charge in [0.15, 0.2) is 0 Å². The highest BCUT2D eigenvalue weighted by molar-refractivity contribution is 7.09. The molecule has 0 saturated heterocycles. The van der Waals surface area contributed by atoms with E-state index in [2.05, 4.69) is 75.4 Å². The molecule has 6 nitrogen and oxygen atoms in total. The summed E-state index contributed by atoms with van der Waals surface area (Å²) in [6.45, 7) is 14.5. The van der Waals surface area contributed by atoms with Crippen LogP contribution >= 0.6 is 11.3 Å². The number of urea groups is 1. The number of hydrogen-bond donors (Lipinski definition) is 2. The summed E-state index contributed by atoms with van der Waals surface area (Å²) < 4.78 is 0. The minimum absolute atomic E-state index is 0.123. The molecule has 0 spiro atoms. The van der Waals surface area contributed by atoms with Gasteiger partial charge in [-0.3, -0.25) is 4.79 Å². The van der Waals surface area contributed by atoms with Gasteiger partial charge in [0, 0.05) is 24.2 Å². The van der Waals surface area contributed by atoms with Crippen molar-refractivity contribution in [2.45, 2.75) is 85.6 Å².